The van der Waals surface area contributed by atoms with Crippen LogP contribution in [0.25, 0.3) is 0 Å². The Hall–Kier alpha value is -2.10. The van der Waals surface area contributed by atoms with Gasteiger partial charge in [-0.1, -0.05) is 23.7 Å². The number of ether oxygens (including phenoxy) is 3. The molecule has 2 aliphatic heterocycles. The predicted molar refractivity (Wildman–Crippen MR) is 118 cm³/mol. The van der Waals surface area contributed by atoms with Gasteiger partial charge >= 0.3 is 0 Å². The summed E-state index contributed by atoms with van der Waals surface area (Å²) in [6, 6.07) is 4.95. The maximum Gasteiger partial charge on any atom is 0.147 e. The molecule has 1 aromatic rings. The average molecular weight is 494 g/mol. The van der Waals surface area contributed by atoms with Gasteiger partial charge in [-0.2, -0.15) is 0 Å². The number of aliphatic hydroxyl groups excluding tert-OH is 8. The second kappa shape index (κ2) is 12.2. The van der Waals surface area contributed by atoms with Gasteiger partial charge in [0.15, 0.2) is 0 Å². The van der Waals surface area contributed by atoms with E-state index in [1.807, 2.05) is 0 Å². The number of methoxy groups -OCH3 is 1. The minimum Gasteiger partial charge on any atom is -0.394 e. The third-order valence-corrected chi connectivity index (χ3v) is 5.90. The molecule has 0 amide bonds. The summed E-state index contributed by atoms with van der Waals surface area (Å²) in [5.41, 5.74) is 1.65. The highest BCUT2D eigenvalue weighted by Gasteiger charge is 2.43. The van der Waals surface area contributed by atoms with E-state index in [1.165, 1.54) is 7.11 Å². The fraction of sp³-hybridized carbons (Fsp3) is 0.583. The topological polar surface area (TPSA) is 190 Å². The quantitative estimate of drug-likeness (QED) is 0.192. The van der Waals surface area contributed by atoms with Crippen molar-refractivity contribution in [2.75, 3.05) is 20.3 Å². The summed E-state index contributed by atoms with van der Waals surface area (Å²) < 4.78 is 16.0. The zero-order valence-electron chi connectivity index (χ0n) is 18.9. The number of rotatable bonds is 4. The Kier molecular flexibility index (Phi) is 9.61. The number of hydrogen-bond donors (Lipinski definition) is 8. The van der Waals surface area contributed by atoms with Gasteiger partial charge in [0.1, 0.15) is 61.0 Å². The van der Waals surface area contributed by atoms with Crippen LogP contribution in [-0.4, -0.2) is 122 Å². The van der Waals surface area contributed by atoms with E-state index in [-0.39, 0.29) is 6.61 Å². The first kappa shape index (κ1) is 27.5. The van der Waals surface area contributed by atoms with Crippen LogP contribution in [-0.2, 0) is 20.8 Å². The number of benzene rings is 1. The molecule has 8 N–H and O–H groups in total. The Morgan fingerprint density at radius 2 is 1.26 bits per heavy atom. The van der Waals surface area contributed by atoms with Gasteiger partial charge < -0.3 is 55.1 Å². The SMILES string of the molecule is COCc1cc(C#C[C@H]2O[C@H](CO)[C@@H](O)[C@H](O)[C@@H]2O)ccc1C#C[C@H]1O[C@H](CO)[C@@H](O)[C@H](O)[C@@H]1O. The van der Waals surface area contributed by atoms with E-state index >= 15 is 0 Å². The van der Waals surface area contributed by atoms with Gasteiger partial charge in [0.05, 0.1) is 19.8 Å². The molecule has 192 valence electrons. The minimum atomic E-state index is -1.53. The molecule has 0 radical (unpaired) electrons. The van der Waals surface area contributed by atoms with Gasteiger partial charge in [-0.3, -0.25) is 0 Å². The molecule has 2 heterocycles. The molecule has 2 aliphatic rings. The van der Waals surface area contributed by atoms with Crippen molar-refractivity contribution in [3.8, 4) is 23.7 Å². The fourth-order valence-electron chi connectivity index (χ4n) is 3.81. The Balaban J connectivity index is 1.81. The van der Waals surface area contributed by atoms with E-state index in [0.29, 0.717) is 16.7 Å². The first-order valence-electron chi connectivity index (χ1n) is 11.0. The normalized spacial score (nSPS) is 37.1. The van der Waals surface area contributed by atoms with Crippen LogP contribution in [0.5, 0.6) is 0 Å². The molecule has 2 fully saturated rings. The largest absolute Gasteiger partial charge is 0.394 e. The molecule has 0 unspecified atom stereocenters. The number of aliphatic hydroxyl groups is 8. The fourth-order valence-corrected chi connectivity index (χ4v) is 3.81. The molecular formula is C24H30O11. The predicted octanol–water partition coefficient (Wildman–Crippen LogP) is -3.78. The van der Waals surface area contributed by atoms with Gasteiger partial charge in [0.2, 0.25) is 0 Å². The maximum atomic E-state index is 10.2. The van der Waals surface area contributed by atoms with Crippen molar-refractivity contribution in [3.05, 3.63) is 34.9 Å². The Labute approximate surface area is 202 Å². The smallest absolute Gasteiger partial charge is 0.147 e. The first-order valence-corrected chi connectivity index (χ1v) is 11.0. The molecule has 2 saturated heterocycles. The Bertz CT molecular complexity index is 973. The summed E-state index contributed by atoms with van der Waals surface area (Å²) in [5.74, 6) is 11.1. The lowest BCUT2D eigenvalue weighted by Crippen LogP contribution is -2.58. The van der Waals surface area contributed by atoms with Gasteiger partial charge in [0, 0.05) is 18.2 Å². The third-order valence-electron chi connectivity index (χ3n) is 5.90. The second-order valence-corrected chi connectivity index (χ2v) is 8.34. The van der Waals surface area contributed by atoms with Crippen LogP contribution in [0, 0.1) is 23.7 Å². The lowest BCUT2D eigenvalue weighted by molar-refractivity contribution is -0.214. The van der Waals surface area contributed by atoms with E-state index in [0.717, 1.165) is 0 Å². The molecule has 0 aromatic heterocycles. The van der Waals surface area contributed by atoms with Crippen molar-refractivity contribution in [1.29, 1.82) is 0 Å². The summed E-state index contributed by atoms with van der Waals surface area (Å²) in [5, 5.41) is 78.5. The zero-order chi connectivity index (χ0) is 25.7. The van der Waals surface area contributed by atoms with E-state index in [9.17, 15) is 40.9 Å². The molecular weight excluding hydrogens is 464 g/mol. The van der Waals surface area contributed by atoms with Crippen LogP contribution in [0.3, 0.4) is 0 Å². The van der Waals surface area contributed by atoms with Gasteiger partial charge in [0.25, 0.3) is 0 Å². The molecule has 35 heavy (non-hydrogen) atoms. The molecule has 3 rings (SSSR count). The van der Waals surface area contributed by atoms with Gasteiger partial charge in [-0.15, -0.1) is 0 Å². The maximum absolute atomic E-state index is 10.2. The molecule has 1 aromatic carbocycles. The second-order valence-electron chi connectivity index (χ2n) is 8.34. The Morgan fingerprint density at radius 1 is 0.743 bits per heavy atom. The van der Waals surface area contributed by atoms with Gasteiger partial charge in [-0.25, -0.2) is 0 Å². The number of hydrogen-bond acceptors (Lipinski definition) is 11. The molecule has 0 bridgehead atoms. The first-order chi connectivity index (χ1) is 16.7. The van der Waals surface area contributed by atoms with E-state index in [2.05, 4.69) is 23.7 Å². The van der Waals surface area contributed by atoms with Crippen molar-refractivity contribution in [2.45, 2.75) is 67.6 Å². The van der Waals surface area contributed by atoms with Crippen LogP contribution in [0.2, 0.25) is 0 Å². The lowest BCUT2D eigenvalue weighted by atomic mass is 9.95. The van der Waals surface area contributed by atoms with Crippen LogP contribution in [0.15, 0.2) is 18.2 Å². The van der Waals surface area contributed by atoms with Crippen LogP contribution in [0.1, 0.15) is 16.7 Å². The van der Waals surface area contributed by atoms with Crippen molar-refractivity contribution in [2.24, 2.45) is 0 Å². The third kappa shape index (κ3) is 6.19. The molecule has 11 heteroatoms. The highest BCUT2D eigenvalue weighted by atomic mass is 16.5. The minimum absolute atomic E-state index is 0.161. The highest BCUT2D eigenvalue weighted by molar-refractivity contribution is 5.48. The average Bonchev–Trinajstić information content (AvgIpc) is 2.86. The molecule has 0 spiro atoms. The lowest BCUT2D eigenvalue weighted by Gasteiger charge is -2.37. The van der Waals surface area contributed by atoms with Gasteiger partial charge in [-0.05, 0) is 23.8 Å². The van der Waals surface area contributed by atoms with E-state index in [1.54, 1.807) is 18.2 Å². The van der Waals surface area contributed by atoms with Crippen molar-refractivity contribution in [3.63, 3.8) is 0 Å². The summed E-state index contributed by atoms with van der Waals surface area (Å²) >= 11 is 0. The summed E-state index contributed by atoms with van der Waals surface area (Å²) in [6.45, 7) is -0.947. The van der Waals surface area contributed by atoms with Crippen LogP contribution in [0.4, 0.5) is 0 Å². The highest BCUT2D eigenvalue weighted by Crippen LogP contribution is 2.22. The summed E-state index contributed by atoms with van der Waals surface area (Å²) in [4.78, 5) is 0. The molecule has 11 nitrogen and oxygen atoms in total. The van der Waals surface area contributed by atoms with Crippen LogP contribution >= 0.6 is 0 Å². The summed E-state index contributed by atoms with van der Waals surface area (Å²) in [6.07, 6.45) is -13.3. The zero-order valence-corrected chi connectivity index (χ0v) is 18.9. The standard InChI is InChI=1S/C24H30O11/c1-33-11-14-8-12(3-6-15-19(27)23(31)21(29)17(9-25)34-15)2-4-13(14)5-7-16-20(28)24(32)22(30)18(10-26)35-16/h2,4,8,15-32H,9-11H2,1H3/t15-,16-,17-,18-,19-,20-,21-,22-,23-,24-/m1/s1. The molecule has 0 aliphatic carbocycles. The van der Waals surface area contributed by atoms with Crippen molar-refractivity contribution in [1.82, 2.24) is 0 Å². The van der Waals surface area contributed by atoms with Crippen molar-refractivity contribution < 1.29 is 55.1 Å². The molecule has 0 saturated carbocycles. The van der Waals surface area contributed by atoms with E-state index < -0.39 is 74.3 Å². The van der Waals surface area contributed by atoms with Crippen LogP contribution < -0.4 is 0 Å². The summed E-state index contributed by atoms with van der Waals surface area (Å²) in [7, 11) is 1.49. The van der Waals surface area contributed by atoms with E-state index in [4.69, 9.17) is 14.2 Å². The Morgan fingerprint density at radius 3 is 1.74 bits per heavy atom. The van der Waals surface area contributed by atoms with Crippen molar-refractivity contribution >= 4 is 0 Å². The molecule has 10 atom stereocenters. The monoisotopic (exact) mass is 494 g/mol.